The third kappa shape index (κ3) is 5.25. The van der Waals surface area contributed by atoms with Gasteiger partial charge < -0.3 is 5.11 Å². The summed E-state index contributed by atoms with van der Waals surface area (Å²) in [5.74, 6) is 0.0510. The molecule has 2 aliphatic rings. The van der Waals surface area contributed by atoms with Crippen LogP contribution >= 0.6 is 0 Å². The van der Waals surface area contributed by atoms with Crippen molar-refractivity contribution in [1.29, 1.82) is 0 Å². The summed E-state index contributed by atoms with van der Waals surface area (Å²) in [6, 6.07) is 20.8. The highest BCUT2D eigenvalue weighted by Gasteiger charge is 2.49. The molecule has 0 amide bonds. The van der Waals surface area contributed by atoms with Crippen LogP contribution in [0.4, 0.5) is 13.2 Å². The quantitative estimate of drug-likeness (QED) is 0.467. The fourth-order valence-corrected chi connectivity index (χ4v) is 7.12. The van der Waals surface area contributed by atoms with E-state index in [0.717, 1.165) is 48.0 Å². The Bertz CT molecular complexity index is 1260. The van der Waals surface area contributed by atoms with E-state index in [1.165, 1.54) is 12.1 Å². The lowest BCUT2D eigenvalue weighted by molar-refractivity contribution is -0.137. The number of aliphatic hydroxyl groups is 1. The molecule has 2 unspecified atom stereocenters. The minimum atomic E-state index is -4.39. The maximum Gasteiger partial charge on any atom is 0.416 e. The first-order valence-corrected chi connectivity index (χ1v) is 13.8. The summed E-state index contributed by atoms with van der Waals surface area (Å²) in [5, 5.41) is 10.2. The normalized spacial score (nSPS) is 24.0. The number of aryl methyl sites for hydroxylation is 1. The summed E-state index contributed by atoms with van der Waals surface area (Å²) >= 11 is 0. The minimum absolute atomic E-state index is 0.0252. The smallest absolute Gasteiger partial charge is 0.395 e. The van der Waals surface area contributed by atoms with Crippen LogP contribution in [0.1, 0.15) is 35.4 Å². The molecule has 2 saturated heterocycles. The SMILES string of the molecule is Cc1ccccc1S(=O)N1CCCCN2[C@H](CO)C(c3ccc(-c4cccc(C(F)(F)F)c4)cc3)[C@@H]2C1. The van der Waals surface area contributed by atoms with Crippen LogP contribution in [0.25, 0.3) is 11.1 Å². The first-order valence-electron chi connectivity index (χ1n) is 12.6. The van der Waals surface area contributed by atoms with Gasteiger partial charge in [0.05, 0.1) is 17.1 Å². The van der Waals surface area contributed by atoms with Crippen molar-refractivity contribution in [1.82, 2.24) is 9.21 Å². The second-order valence-corrected chi connectivity index (χ2v) is 11.3. The van der Waals surface area contributed by atoms with E-state index in [9.17, 15) is 22.5 Å². The fourth-order valence-electron chi connectivity index (χ4n) is 5.72. The van der Waals surface area contributed by atoms with Crippen LogP contribution in [0.2, 0.25) is 0 Å². The van der Waals surface area contributed by atoms with Gasteiger partial charge in [-0.3, -0.25) is 4.90 Å². The highest BCUT2D eigenvalue weighted by Crippen LogP contribution is 2.43. The van der Waals surface area contributed by atoms with Crippen LogP contribution in [0.15, 0.2) is 77.7 Å². The third-order valence-corrected chi connectivity index (χ3v) is 9.30. The Kier molecular flexibility index (Phi) is 7.54. The molecule has 1 N–H and O–H groups in total. The van der Waals surface area contributed by atoms with Gasteiger partial charge in [-0.2, -0.15) is 13.2 Å². The highest BCUT2D eigenvalue weighted by molar-refractivity contribution is 7.82. The van der Waals surface area contributed by atoms with Gasteiger partial charge in [-0.15, -0.1) is 0 Å². The van der Waals surface area contributed by atoms with Gasteiger partial charge in [0.25, 0.3) is 0 Å². The molecule has 2 fully saturated rings. The van der Waals surface area contributed by atoms with Crippen molar-refractivity contribution < 1.29 is 22.5 Å². The molecule has 3 aromatic carbocycles. The Hall–Kier alpha value is -2.52. The number of alkyl halides is 3. The summed E-state index contributed by atoms with van der Waals surface area (Å²) in [6.07, 6.45) is -2.48. The largest absolute Gasteiger partial charge is 0.416 e. The standard InChI is InChI=1S/C29H31F3N2O2S/c1-20-7-2-3-10-27(20)37(36)33-15-4-5-16-34-25(18-33)28(26(34)19-35)22-13-11-21(12-14-22)23-8-6-9-24(17-23)29(30,31)32/h2-3,6-14,17,25-26,28,35H,4-5,15-16,18-19H2,1H3/t25-,26+,28?,37?/m0/s1. The second-order valence-electron chi connectivity index (χ2n) is 9.89. The van der Waals surface area contributed by atoms with Crippen LogP contribution < -0.4 is 0 Å². The highest BCUT2D eigenvalue weighted by atomic mass is 32.2. The zero-order valence-corrected chi connectivity index (χ0v) is 21.5. The summed E-state index contributed by atoms with van der Waals surface area (Å²) < 4.78 is 55.1. The lowest BCUT2D eigenvalue weighted by atomic mass is 9.74. The molecule has 0 radical (unpaired) electrons. The average molecular weight is 529 g/mol. The van der Waals surface area contributed by atoms with Crippen molar-refractivity contribution in [2.75, 3.05) is 26.2 Å². The predicted octanol–water partition coefficient (Wildman–Crippen LogP) is 5.63. The molecule has 4 atom stereocenters. The molecular formula is C29H31F3N2O2S. The molecule has 196 valence electrons. The van der Waals surface area contributed by atoms with Crippen molar-refractivity contribution in [2.24, 2.45) is 0 Å². The number of halogens is 3. The number of benzene rings is 3. The molecule has 4 nitrogen and oxygen atoms in total. The van der Waals surface area contributed by atoms with Gasteiger partial charge in [-0.05, 0) is 66.8 Å². The molecule has 2 heterocycles. The van der Waals surface area contributed by atoms with Gasteiger partial charge in [0.2, 0.25) is 0 Å². The number of hydrogen-bond acceptors (Lipinski definition) is 3. The van der Waals surface area contributed by atoms with E-state index < -0.39 is 22.7 Å². The van der Waals surface area contributed by atoms with Gasteiger partial charge >= 0.3 is 6.18 Å². The number of nitrogens with zero attached hydrogens (tertiary/aromatic N) is 2. The molecule has 3 aromatic rings. The maximum atomic E-state index is 13.5. The zero-order chi connectivity index (χ0) is 26.2. The van der Waals surface area contributed by atoms with Crippen molar-refractivity contribution in [3.63, 3.8) is 0 Å². The fraction of sp³-hybridized carbons (Fsp3) is 0.379. The van der Waals surface area contributed by atoms with E-state index in [1.807, 2.05) is 55.5 Å². The topological polar surface area (TPSA) is 43.8 Å². The number of hydrogen-bond donors (Lipinski definition) is 1. The van der Waals surface area contributed by atoms with Crippen molar-refractivity contribution in [3.05, 3.63) is 89.5 Å². The average Bonchev–Trinajstić information content (AvgIpc) is 2.88. The molecule has 37 heavy (non-hydrogen) atoms. The van der Waals surface area contributed by atoms with Crippen molar-refractivity contribution in [3.8, 4) is 11.1 Å². The number of rotatable bonds is 5. The van der Waals surface area contributed by atoms with E-state index in [1.54, 1.807) is 6.07 Å². The van der Waals surface area contributed by atoms with E-state index in [4.69, 9.17) is 0 Å². The predicted molar refractivity (Wildman–Crippen MR) is 139 cm³/mol. The molecule has 0 bridgehead atoms. The molecule has 0 spiro atoms. The first kappa shape index (κ1) is 26.1. The molecule has 0 aliphatic carbocycles. The van der Waals surface area contributed by atoms with Gasteiger partial charge in [0, 0.05) is 31.1 Å². The third-order valence-electron chi connectivity index (χ3n) is 7.67. The van der Waals surface area contributed by atoms with Gasteiger partial charge in [-0.1, -0.05) is 54.6 Å². The van der Waals surface area contributed by atoms with Crippen LogP contribution in [-0.4, -0.2) is 56.8 Å². The number of fused-ring (bicyclic) bond motifs is 1. The van der Waals surface area contributed by atoms with E-state index in [-0.39, 0.29) is 24.6 Å². The summed E-state index contributed by atoms with van der Waals surface area (Å²) in [5.41, 5.74) is 2.61. The molecular weight excluding hydrogens is 497 g/mol. The summed E-state index contributed by atoms with van der Waals surface area (Å²) in [7, 11) is -1.27. The van der Waals surface area contributed by atoms with Crippen LogP contribution in [0, 0.1) is 6.92 Å². The Balaban J connectivity index is 1.39. The molecule has 0 saturated carbocycles. The Morgan fingerprint density at radius 3 is 2.38 bits per heavy atom. The van der Waals surface area contributed by atoms with E-state index in [0.29, 0.717) is 17.7 Å². The van der Waals surface area contributed by atoms with Crippen molar-refractivity contribution >= 4 is 11.0 Å². The van der Waals surface area contributed by atoms with Crippen LogP contribution in [-0.2, 0) is 17.2 Å². The summed E-state index contributed by atoms with van der Waals surface area (Å²) in [6.45, 7) is 4.26. The zero-order valence-electron chi connectivity index (χ0n) is 20.7. The van der Waals surface area contributed by atoms with E-state index >= 15 is 0 Å². The lowest BCUT2D eigenvalue weighted by Gasteiger charge is -2.57. The van der Waals surface area contributed by atoms with Crippen LogP contribution in [0.3, 0.4) is 0 Å². The second kappa shape index (κ2) is 10.7. The molecule has 5 rings (SSSR count). The maximum absolute atomic E-state index is 13.5. The van der Waals surface area contributed by atoms with Crippen LogP contribution in [0.5, 0.6) is 0 Å². The van der Waals surface area contributed by atoms with Gasteiger partial charge in [0.1, 0.15) is 11.0 Å². The molecule has 8 heteroatoms. The Morgan fingerprint density at radius 1 is 0.946 bits per heavy atom. The Morgan fingerprint density at radius 2 is 1.68 bits per heavy atom. The van der Waals surface area contributed by atoms with Gasteiger partial charge in [0.15, 0.2) is 0 Å². The molecule has 2 aliphatic heterocycles. The summed E-state index contributed by atoms with van der Waals surface area (Å²) in [4.78, 5) is 3.15. The van der Waals surface area contributed by atoms with Crippen molar-refractivity contribution in [2.45, 2.75) is 48.8 Å². The number of aliphatic hydroxyl groups excluding tert-OH is 1. The van der Waals surface area contributed by atoms with Gasteiger partial charge in [-0.25, -0.2) is 8.51 Å². The molecule has 0 aromatic heterocycles. The lowest BCUT2D eigenvalue weighted by Crippen LogP contribution is -2.67. The first-order chi connectivity index (χ1) is 17.8. The monoisotopic (exact) mass is 528 g/mol. The Labute approximate surface area is 218 Å². The minimum Gasteiger partial charge on any atom is -0.395 e. The van der Waals surface area contributed by atoms with E-state index in [2.05, 4.69) is 9.21 Å².